The van der Waals surface area contributed by atoms with E-state index in [4.69, 9.17) is 0 Å². The second-order valence-electron chi connectivity index (χ2n) is 13.0. The molecule has 0 aromatic heterocycles. The van der Waals surface area contributed by atoms with Crippen molar-refractivity contribution < 1.29 is 0 Å². The molecule has 0 nitrogen and oxygen atoms in total. The van der Waals surface area contributed by atoms with E-state index in [9.17, 15) is 0 Å². The molecule has 0 heterocycles. The van der Waals surface area contributed by atoms with E-state index in [1.165, 1.54) is 93.5 Å². The van der Waals surface area contributed by atoms with E-state index in [0.29, 0.717) is 0 Å². The van der Waals surface area contributed by atoms with Crippen molar-refractivity contribution in [3.05, 3.63) is 175 Å². The van der Waals surface area contributed by atoms with Gasteiger partial charge in [-0.05, 0) is 138 Å². The molecule has 0 N–H and O–H groups in total. The lowest BCUT2D eigenvalue weighted by Gasteiger charge is -2.20. The molecular formula is C47H34. The lowest BCUT2D eigenvalue weighted by atomic mass is 9.84. The molecule has 9 rings (SSSR count). The Balaban J connectivity index is 1.11. The molecule has 0 saturated heterocycles. The second kappa shape index (κ2) is 11.0. The van der Waals surface area contributed by atoms with Crippen LogP contribution in [-0.2, 0) is 12.8 Å². The third-order valence-corrected chi connectivity index (χ3v) is 10.1. The molecule has 0 aliphatic heterocycles. The van der Waals surface area contributed by atoms with Crippen LogP contribution in [0.4, 0.5) is 0 Å². The van der Waals surface area contributed by atoms with Crippen molar-refractivity contribution in [1.82, 2.24) is 0 Å². The molecule has 222 valence electrons. The second-order valence-corrected chi connectivity index (χ2v) is 13.0. The summed E-state index contributed by atoms with van der Waals surface area (Å²) in [6.07, 6.45) is 2.20. The molecule has 0 radical (unpaired) electrons. The lowest BCUT2D eigenvalue weighted by Crippen LogP contribution is -2.03. The molecule has 1 aliphatic rings. The Morgan fingerprint density at radius 1 is 0.383 bits per heavy atom. The largest absolute Gasteiger partial charge is 0.0955 e. The Bertz CT molecular complexity index is 2520. The van der Waals surface area contributed by atoms with E-state index < -0.39 is 0 Å². The number of benzene rings is 8. The first kappa shape index (κ1) is 27.6. The van der Waals surface area contributed by atoms with Gasteiger partial charge in [-0.1, -0.05) is 140 Å². The molecule has 0 amide bonds. The fraction of sp³-hybridized carbons (Fsp3) is 0.0638. The van der Waals surface area contributed by atoms with Crippen molar-refractivity contribution in [1.29, 1.82) is 0 Å². The van der Waals surface area contributed by atoms with Gasteiger partial charge in [0.25, 0.3) is 0 Å². The van der Waals surface area contributed by atoms with Crippen LogP contribution in [0.3, 0.4) is 0 Å². The van der Waals surface area contributed by atoms with E-state index in [1.54, 1.807) is 0 Å². The van der Waals surface area contributed by atoms with E-state index in [0.717, 1.165) is 18.4 Å². The Hall–Kier alpha value is -5.72. The summed E-state index contributed by atoms with van der Waals surface area (Å²) in [7, 11) is 0. The van der Waals surface area contributed by atoms with Gasteiger partial charge in [0.1, 0.15) is 0 Å². The quantitative estimate of drug-likeness (QED) is 0.177. The predicted molar refractivity (Wildman–Crippen MR) is 203 cm³/mol. The molecule has 47 heavy (non-hydrogen) atoms. The highest BCUT2D eigenvalue weighted by atomic mass is 14.2. The summed E-state index contributed by atoms with van der Waals surface area (Å²) in [4.78, 5) is 0. The van der Waals surface area contributed by atoms with Crippen molar-refractivity contribution in [2.75, 3.05) is 0 Å². The summed E-state index contributed by atoms with van der Waals surface area (Å²) in [5.74, 6) is 0. The number of hydrogen-bond acceptors (Lipinski definition) is 0. The van der Waals surface area contributed by atoms with Gasteiger partial charge < -0.3 is 0 Å². The number of allylic oxidation sites excluding steroid dienone is 1. The van der Waals surface area contributed by atoms with Crippen LogP contribution in [-0.4, -0.2) is 0 Å². The SMILES string of the molecule is C=C(C)c1ccc2c3ccc(-c4cccc(-c5cccc(-c6ccc7c(c6)CCc6ccccc6-7)c5)c4)cc3c3ccccc3c2c1. The highest BCUT2D eigenvalue weighted by molar-refractivity contribution is 6.26. The predicted octanol–water partition coefficient (Wildman–Crippen LogP) is 12.9. The molecule has 8 aromatic carbocycles. The van der Waals surface area contributed by atoms with Crippen LogP contribution in [0, 0.1) is 0 Å². The zero-order valence-electron chi connectivity index (χ0n) is 26.6. The zero-order chi connectivity index (χ0) is 31.5. The Labute approximate surface area is 276 Å². The molecule has 1 aliphatic carbocycles. The summed E-state index contributed by atoms with van der Waals surface area (Å²) in [6, 6.07) is 56.4. The Kier molecular flexibility index (Phi) is 6.44. The first-order valence-electron chi connectivity index (χ1n) is 16.6. The first-order chi connectivity index (χ1) is 23.1. The lowest BCUT2D eigenvalue weighted by molar-refractivity contribution is 0.942. The maximum atomic E-state index is 4.19. The van der Waals surface area contributed by atoms with Crippen molar-refractivity contribution in [2.45, 2.75) is 19.8 Å². The molecule has 0 spiro atoms. The van der Waals surface area contributed by atoms with Crippen molar-refractivity contribution >= 4 is 37.9 Å². The van der Waals surface area contributed by atoms with Gasteiger partial charge in [-0.2, -0.15) is 0 Å². The van der Waals surface area contributed by atoms with Crippen LogP contribution >= 0.6 is 0 Å². The summed E-state index contributed by atoms with van der Waals surface area (Å²) in [5, 5.41) is 7.71. The fourth-order valence-corrected chi connectivity index (χ4v) is 7.67. The number of rotatable bonds is 4. The molecular weight excluding hydrogens is 565 g/mol. The monoisotopic (exact) mass is 598 g/mol. The zero-order valence-corrected chi connectivity index (χ0v) is 26.6. The summed E-state index contributed by atoms with van der Waals surface area (Å²) in [6.45, 7) is 6.27. The summed E-state index contributed by atoms with van der Waals surface area (Å²) >= 11 is 0. The topological polar surface area (TPSA) is 0 Å². The molecule has 0 unspecified atom stereocenters. The minimum atomic E-state index is 1.09. The number of fused-ring (bicyclic) bond motifs is 9. The number of hydrogen-bond donors (Lipinski definition) is 0. The maximum absolute atomic E-state index is 4.19. The summed E-state index contributed by atoms with van der Waals surface area (Å²) < 4.78 is 0. The van der Waals surface area contributed by atoms with Crippen LogP contribution in [0.1, 0.15) is 23.6 Å². The van der Waals surface area contributed by atoms with Gasteiger partial charge in [-0.25, -0.2) is 0 Å². The van der Waals surface area contributed by atoms with E-state index in [2.05, 4.69) is 165 Å². The molecule has 0 atom stereocenters. The van der Waals surface area contributed by atoms with Gasteiger partial charge in [-0.3, -0.25) is 0 Å². The average Bonchev–Trinajstić information content (AvgIpc) is 3.14. The Morgan fingerprint density at radius 3 is 1.55 bits per heavy atom. The third kappa shape index (κ3) is 4.68. The van der Waals surface area contributed by atoms with Crippen LogP contribution in [0.5, 0.6) is 0 Å². The van der Waals surface area contributed by atoms with Gasteiger partial charge >= 0.3 is 0 Å². The van der Waals surface area contributed by atoms with Crippen LogP contribution in [0.2, 0.25) is 0 Å². The van der Waals surface area contributed by atoms with Gasteiger partial charge in [-0.15, -0.1) is 0 Å². The maximum Gasteiger partial charge on any atom is -0.00928 e. The molecule has 0 fully saturated rings. The van der Waals surface area contributed by atoms with Crippen molar-refractivity contribution in [3.63, 3.8) is 0 Å². The van der Waals surface area contributed by atoms with Gasteiger partial charge in [0.2, 0.25) is 0 Å². The number of aryl methyl sites for hydroxylation is 2. The minimum absolute atomic E-state index is 1.09. The minimum Gasteiger partial charge on any atom is -0.0955 e. The smallest absolute Gasteiger partial charge is 0.00928 e. The molecule has 0 heteroatoms. The van der Waals surface area contributed by atoms with Crippen molar-refractivity contribution in [2.24, 2.45) is 0 Å². The van der Waals surface area contributed by atoms with Crippen LogP contribution < -0.4 is 0 Å². The molecule has 8 aromatic rings. The highest BCUT2D eigenvalue weighted by Crippen LogP contribution is 2.40. The summed E-state index contributed by atoms with van der Waals surface area (Å²) in [5.41, 5.74) is 15.4. The van der Waals surface area contributed by atoms with Crippen LogP contribution in [0.25, 0.3) is 82.4 Å². The standard InChI is InChI=1S/C47H34/c1-30(2)32-19-23-44-45-24-21-38(29-47(45)43-16-6-5-15-42(43)46(44)28-32)36-13-8-11-34(26-36)33-10-7-12-35(25-33)37-20-22-41-39(27-37)18-17-31-9-3-4-14-40(31)41/h3-16,19-29H,1,17-18H2,2H3. The normalized spacial score (nSPS) is 12.3. The first-order valence-corrected chi connectivity index (χ1v) is 16.6. The molecule has 0 saturated carbocycles. The van der Waals surface area contributed by atoms with Crippen molar-refractivity contribution in [3.8, 4) is 44.5 Å². The van der Waals surface area contributed by atoms with E-state index >= 15 is 0 Å². The Morgan fingerprint density at radius 2 is 0.872 bits per heavy atom. The van der Waals surface area contributed by atoms with E-state index in [1.807, 2.05) is 0 Å². The average molecular weight is 599 g/mol. The highest BCUT2D eigenvalue weighted by Gasteiger charge is 2.16. The van der Waals surface area contributed by atoms with Gasteiger partial charge in [0.15, 0.2) is 0 Å². The van der Waals surface area contributed by atoms with E-state index in [-0.39, 0.29) is 0 Å². The fourth-order valence-electron chi connectivity index (χ4n) is 7.67. The third-order valence-electron chi connectivity index (χ3n) is 10.1. The molecule has 0 bridgehead atoms. The van der Waals surface area contributed by atoms with Gasteiger partial charge in [0, 0.05) is 0 Å². The van der Waals surface area contributed by atoms with Gasteiger partial charge in [0.05, 0.1) is 0 Å². The van der Waals surface area contributed by atoms with Crippen LogP contribution in [0.15, 0.2) is 158 Å².